The lowest BCUT2D eigenvalue weighted by Gasteiger charge is -2.19. The van der Waals surface area contributed by atoms with Gasteiger partial charge in [-0.1, -0.05) is 51.4 Å². The number of amides is 1. The third-order valence-electron chi connectivity index (χ3n) is 5.21. The van der Waals surface area contributed by atoms with Crippen LogP contribution >= 0.6 is 0 Å². The van der Waals surface area contributed by atoms with Crippen molar-refractivity contribution in [3.05, 3.63) is 0 Å². The largest absolute Gasteiger partial charge is 0.345 e. The van der Waals surface area contributed by atoms with Crippen LogP contribution in [0.25, 0.3) is 0 Å². The first kappa shape index (κ1) is 14.9. The Balaban J connectivity index is 1.50. The zero-order valence-electron chi connectivity index (χ0n) is 12.5. The molecule has 2 heteroatoms. The molecule has 0 N–H and O–H groups in total. The summed E-state index contributed by atoms with van der Waals surface area (Å²) in [6, 6.07) is 0. The average Bonchev–Trinajstić information content (AvgIpc) is 3.10. The minimum Gasteiger partial charge on any atom is -0.345 e. The van der Waals surface area contributed by atoms with Gasteiger partial charge in [-0.05, 0) is 37.5 Å². The molecule has 2 nitrogen and oxygen atoms in total. The number of hydrogen-bond donors (Lipinski definition) is 0. The van der Waals surface area contributed by atoms with Crippen molar-refractivity contribution in [3.63, 3.8) is 0 Å². The summed E-state index contributed by atoms with van der Waals surface area (Å²) < 4.78 is 0. The predicted molar refractivity (Wildman–Crippen MR) is 80.0 cm³/mol. The predicted octanol–water partition coefficient (Wildman–Crippen LogP) is 4.39. The molecule has 2 aliphatic carbocycles. The third-order valence-corrected chi connectivity index (χ3v) is 5.21. The van der Waals surface area contributed by atoms with Crippen LogP contribution in [0.15, 0.2) is 0 Å². The number of rotatable bonds is 9. The number of hydrogen-bond acceptors (Lipinski definition) is 1. The van der Waals surface area contributed by atoms with E-state index in [9.17, 15) is 4.79 Å². The Hall–Kier alpha value is -0.530. The van der Waals surface area contributed by atoms with Crippen molar-refractivity contribution in [2.75, 3.05) is 13.1 Å². The first-order valence-corrected chi connectivity index (χ1v) is 8.58. The van der Waals surface area contributed by atoms with Crippen LogP contribution in [0.1, 0.15) is 77.0 Å². The normalized spacial score (nSPS) is 21.1. The standard InChI is InChI=1S/C17H31NO/c19-15-18(13-5-11-16-7-1-2-8-16)14-6-12-17-9-3-4-10-17/h15-17H,1-14H2. The molecule has 2 fully saturated rings. The van der Waals surface area contributed by atoms with Crippen molar-refractivity contribution < 1.29 is 4.79 Å². The third kappa shape index (κ3) is 5.54. The number of carbonyl (C=O) groups is 1. The molecule has 0 spiro atoms. The first-order valence-electron chi connectivity index (χ1n) is 8.58. The molecule has 2 rings (SSSR count). The molecule has 2 saturated carbocycles. The smallest absolute Gasteiger partial charge is 0.209 e. The Morgan fingerprint density at radius 3 is 1.58 bits per heavy atom. The Kier molecular flexibility index (Phi) is 6.73. The van der Waals surface area contributed by atoms with E-state index in [2.05, 4.69) is 0 Å². The van der Waals surface area contributed by atoms with E-state index in [1.807, 2.05) is 4.90 Å². The second-order valence-corrected chi connectivity index (χ2v) is 6.73. The summed E-state index contributed by atoms with van der Waals surface area (Å²) in [6.07, 6.45) is 17.7. The molecule has 0 atom stereocenters. The Labute approximate surface area is 118 Å². The van der Waals surface area contributed by atoms with Gasteiger partial charge in [-0.3, -0.25) is 4.79 Å². The maximum absolute atomic E-state index is 11.1. The van der Waals surface area contributed by atoms with Gasteiger partial charge < -0.3 is 4.90 Å². The van der Waals surface area contributed by atoms with Crippen molar-refractivity contribution in [2.24, 2.45) is 11.8 Å². The van der Waals surface area contributed by atoms with Crippen LogP contribution in [0.4, 0.5) is 0 Å². The van der Waals surface area contributed by atoms with Crippen molar-refractivity contribution in [2.45, 2.75) is 77.0 Å². The summed E-state index contributed by atoms with van der Waals surface area (Å²) in [7, 11) is 0. The summed E-state index contributed by atoms with van der Waals surface area (Å²) in [5.41, 5.74) is 0. The van der Waals surface area contributed by atoms with Gasteiger partial charge in [0, 0.05) is 13.1 Å². The van der Waals surface area contributed by atoms with Crippen molar-refractivity contribution >= 4 is 6.41 Å². The molecule has 0 aromatic rings. The molecule has 1 amide bonds. The van der Waals surface area contributed by atoms with E-state index < -0.39 is 0 Å². The molecule has 0 aromatic heterocycles. The van der Waals surface area contributed by atoms with Crippen LogP contribution < -0.4 is 0 Å². The average molecular weight is 265 g/mol. The van der Waals surface area contributed by atoms with Gasteiger partial charge in [0.05, 0.1) is 0 Å². The van der Waals surface area contributed by atoms with E-state index in [0.29, 0.717) is 0 Å². The molecular formula is C17H31NO. The van der Waals surface area contributed by atoms with Gasteiger partial charge in [-0.15, -0.1) is 0 Å². The summed E-state index contributed by atoms with van der Waals surface area (Å²) in [5, 5.41) is 0. The molecule has 0 unspecified atom stereocenters. The SMILES string of the molecule is O=CN(CCCC1CCCC1)CCCC1CCCC1. The monoisotopic (exact) mass is 265 g/mol. The Morgan fingerprint density at radius 1 is 0.789 bits per heavy atom. The van der Waals surface area contributed by atoms with Gasteiger partial charge in [0.2, 0.25) is 6.41 Å². The highest BCUT2D eigenvalue weighted by Gasteiger charge is 2.16. The molecular weight excluding hydrogens is 234 g/mol. The lowest BCUT2D eigenvalue weighted by atomic mass is 10.0. The summed E-state index contributed by atoms with van der Waals surface area (Å²) in [4.78, 5) is 13.1. The second-order valence-electron chi connectivity index (χ2n) is 6.73. The quantitative estimate of drug-likeness (QED) is 0.566. The minimum absolute atomic E-state index is 0.965. The maximum atomic E-state index is 11.1. The van der Waals surface area contributed by atoms with Crippen LogP contribution in [-0.4, -0.2) is 24.4 Å². The van der Waals surface area contributed by atoms with Gasteiger partial charge in [0.15, 0.2) is 0 Å². The number of nitrogens with zero attached hydrogens (tertiary/aromatic N) is 1. The van der Waals surface area contributed by atoms with Gasteiger partial charge in [-0.25, -0.2) is 0 Å². The fourth-order valence-electron chi connectivity index (χ4n) is 3.98. The topological polar surface area (TPSA) is 20.3 Å². The highest BCUT2D eigenvalue weighted by atomic mass is 16.1. The molecule has 0 bridgehead atoms. The van der Waals surface area contributed by atoms with Gasteiger partial charge in [0.25, 0.3) is 0 Å². The minimum atomic E-state index is 0.965. The summed E-state index contributed by atoms with van der Waals surface area (Å²) in [5.74, 6) is 1.93. The van der Waals surface area contributed by atoms with E-state index in [-0.39, 0.29) is 0 Å². The summed E-state index contributed by atoms with van der Waals surface area (Å²) >= 11 is 0. The molecule has 2 aliphatic rings. The van der Waals surface area contributed by atoms with E-state index in [1.165, 1.54) is 77.0 Å². The zero-order chi connectivity index (χ0) is 13.3. The van der Waals surface area contributed by atoms with E-state index in [4.69, 9.17) is 0 Å². The fraction of sp³-hybridized carbons (Fsp3) is 0.941. The summed E-state index contributed by atoms with van der Waals surface area (Å²) in [6.45, 7) is 1.98. The molecule has 19 heavy (non-hydrogen) atoms. The van der Waals surface area contributed by atoms with Gasteiger partial charge in [0.1, 0.15) is 0 Å². The van der Waals surface area contributed by atoms with Crippen molar-refractivity contribution in [1.29, 1.82) is 0 Å². The lowest BCUT2D eigenvalue weighted by molar-refractivity contribution is -0.118. The van der Waals surface area contributed by atoms with Crippen LogP contribution in [0.5, 0.6) is 0 Å². The van der Waals surface area contributed by atoms with E-state index in [0.717, 1.165) is 31.3 Å². The maximum Gasteiger partial charge on any atom is 0.209 e. The molecule has 110 valence electrons. The molecule has 0 saturated heterocycles. The Bertz CT molecular complexity index is 220. The molecule has 0 aromatic carbocycles. The molecule has 0 heterocycles. The van der Waals surface area contributed by atoms with Crippen LogP contribution in [0, 0.1) is 11.8 Å². The van der Waals surface area contributed by atoms with Gasteiger partial charge in [-0.2, -0.15) is 0 Å². The Morgan fingerprint density at radius 2 is 1.21 bits per heavy atom. The fourth-order valence-corrected chi connectivity index (χ4v) is 3.98. The van der Waals surface area contributed by atoms with E-state index in [1.54, 1.807) is 0 Å². The van der Waals surface area contributed by atoms with Gasteiger partial charge >= 0.3 is 0 Å². The van der Waals surface area contributed by atoms with Crippen molar-refractivity contribution in [3.8, 4) is 0 Å². The van der Waals surface area contributed by atoms with Crippen LogP contribution in [-0.2, 0) is 4.79 Å². The molecule has 0 radical (unpaired) electrons. The van der Waals surface area contributed by atoms with Crippen LogP contribution in [0.2, 0.25) is 0 Å². The highest BCUT2D eigenvalue weighted by Crippen LogP contribution is 2.29. The lowest BCUT2D eigenvalue weighted by Crippen LogP contribution is -2.25. The highest BCUT2D eigenvalue weighted by molar-refractivity contribution is 5.46. The zero-order valence-corrected chi connectivity index (χ0v) is 12.5. The first-order chi connectivity index (χ1) is 9.38. The number of carbonyl (C=O) groups excluding carboxylic acids is 1. The van der Waals surface area contributed by atoms with Crippen LogP contribution in [0.3, 0.4) is 0 Å². The second kappa shape index (κ2) is 8.60. The van der Waals surface area contributed by atoms with E-state index >= 15 is 0 Å². The van der Waals surface area contributed by atoms with Crippen molar-refractivity contribution in [1.82, 2.24) is 4.90 Å². The molecule has 0 aliphatic heterocycles.